The van der Waals surface area contributed by atoms with Crippen molar-refractivity contribution in [3.63, 3.8) is 0 Å². The largest absolute Gasteiger partial charge is 0.496 e. The van der Waals surface area contributed by atoms with E-state index in [0.29, 0.717) is 33.2 Å². The number of rotatable bonds is 6. The molecule has 0 bridgehead atoms. The highest BCUT2D eigenvalue weighted by Crippen LogP contribution is 2.55. The van der Waals surface area contributed by atoms with Gasteiger partial charge in [-0.25, -0.2) is 0 Å². The maximum atomic E-state index is 16.7. The Morgan fingerprint density at radius 2 is 0.935 bits per heavy atom. The molecule has 0 fully saturated rings. The van der Waals surface area contributed by atoms with Crippen LogP contribution in [0.1, 0.15) is 105 Å². The molecular weight excluding hydrogens is 619 g/mol. The molecule has 0 aliphatic carbocycles. The van der Waals surface area contributed by atoms with Gasteiger partial charge in [0.1, 0.15) is 11.5 Å². The molecule has 8 heteroatoms. The van der Waals surface area contributed by atoms with E-state index in [1.54, 1.807) is 27.4 Å². The number of hydrogen-bond donors (Lipinski definition) is 0. The lowest BCUT2D eigenvalue weighted by atomic mass is 9.79. The average Bonchev–Trinajstić information content (AvgIpc) is 3.44. The van der Waals surface area contributed by atoms with Crippen molar-refractivity contribution in [2.24, 2.45) is 0 Å². The van der Waals surface area contributed by atoms with Crippen LogP contribution in [-0.2, 0) is 26.2 Å². The van der Waals surface area contributed by atoms with E-state index in [2.05, 4.69) is 83.1 Å². The van der Waals surface area contributed by atoms with Crippen LogP contribution in [0.4, 0.5) is 0 Å². The van der Waals surface area contributed by atoms with Crippen molar-refractivity contribution in [3.05, 3.63) is 57.6 Å². The highest BCUT2D eigenvalue weighted by molar-refractivity contribution is 7.85. The molecule has 46 heavy (non-hydrogen) atoms. The first kappa shape index (κ1) is 36.0. The topological polar surface area (TPSA) is 63.2 Å². The van der Waals surface area contributed by atoms with Crippen molar-refractivity contribution < 1.29 is 28.2 Å². The molecule has 0 atom stereocenters. The fourth-order valence-electron chi connectivity index (χ4n) is 6.06. The van der Waals surface area contributed by atoms with Crippen molar-refractivity contribution >= 4 is 34.7 Å². The summed E-state index contributed by atoms with van der Waals surface area (Å²) >= 11 is 7.22. The zero-order chi connectivity index (χ0) is 34.8. The van der Waals surface area contributed by atoms with Gasteiger partial charge in [0, 0.05) is 38.2 Å². The average molecular weight is 671 g/mol. The van der Waals surface area contributed by atoms with Gasteiger partial charge in [0.25, 0.3) is 0 Å². The van der Waals surface area contributed by atoms with Gasteiger partial charge in [-0.2, -0.15) is 0 Å². The highest BCUT2D eigenvalue weighted by Gasteiger charge is 2.41. The molecule has 6 nitrogen and oxygen atoms in total. The summed E-state index contributed by atoms with van der Waals surface area (Å²) in [4.78, 5) is 0. The Labute approximate surface area is 281 Å². The van der Waals surface area contributed by atoms with E-state index >= 15 is 4.57 Å². The molecule has 1 aliphatic rings. The summed E-state index contributed by atoms with van der Waals surface area (Å²) in [5.74, 6) is 2.74. The third-order valence-electron chi connectivity index (χ3n) is 8.60. The van der Waals surface area contributed by atoms with E-state index in [0.717, 1.165) is 33.8 Å². The lowest BCUT2D eigenvalue weighted by molar-refractivity contribution is 0.171. The molecule has 0 aromatic heterocycles. The lowest BCUT2D eigenvalue weighted by Gasteiger charge is -2.34. The zero-order valence-corrected chi connectivity index (χ0v) is 32.0. The van der Waals surface area contributed by atoms with Crippen LogP contribution in [0, 0.1) is 0 Å². The first-order chi connectivity index (χ1) is 21.0. The first-order valence-corrected chi connectivity index (χ1v) is 17.8. The van der Waals surface area contributed by atoms with Crippen LogP contribution in [0.3, 0.4) is 0 Å². The fraction of sp³-hybridized carbons (Fsp3) is 0.526. The van der Waals surface area contributed by atoms with Crippen LogP contribution in [0.25, 0.3) is 0 Å². The van der Waals surface area contributed by atoms with Crippen molar-refractivity contribution in [3.8, 4) is 28.7 Å². The van der Waals surface area contributed by atoms with E-state index in [1.165, 1.54) is 0 Å². The number of hydrogen-bond acceptors (Lipinski definition) is 6. The van der Waals surface area contributed by atoms with Gasteiger partial charge in [0.15, 0.2) is 18.6 Å². The van der Waals surface area contributed by atoms with Crippen LogP contribution in [0.5, 0.6) is 28.7 Å². The molecule has 3 aromatic rings. The smallest absolute Gasteiger partial charge is 0.231 e. The van der Waals surface area contributed by atoms with Crippen LogP contribution in [0.2, 0.25) is 5.02 Å². The molecule has 0 radical (unpaired) electrons. The first-order valence-electron chi connectivity index (χ1n) is 15.8. The Balaban J connectivity index is 2.33. The van der Waals surface area contributed by atoms with E-state index < -0.39 is 7.14 Å². The summed E-state index contributed by atoms with van der Waals surface area (Å²) < 4.78 is 46.3. The monoisotopic (exact) mass is 670 g/mol. The van der Waals surface area contributed by atoms with Gasteiger partial charge >= 0.3 is 0 Å². The number of halogens is 1. The highest BCUT2D eigenvalue weighted by atomic mass is 35.5. The van der Waals surface area contributed by atoms with Gasteiger partial charge in [-0.3, -0.25) is 0 Å². The molecule has 4 rings (SSSR count). The zero-order valence-electron chi connectivity index (χ0n) is 30.4. The molecule has 0 N–H and O–H groups in total. The van der Waals surface area contributed by atoms with E-state index in [4.69, 9.17) is 35.3 Å². The van der Waals surface area contributed by atoms with Crippen LogP contribution in [0.15, 0.2) is 30.3 Å². The molecule has 0 amide bonds. The molecule has 0 spiro atoms. The molecular formula is C38H52ClO6P. The third-order valence-corrected chi connectivity index (χ3v) is 12.1. The molecule has 0 saturated heterocycles. The Kier molecular flexibility index (Phi) is 9.40. The molecule has 0 saturated carbocycles. The predicted molar refractivity (Wildman–Crippen MR) is 191 cm³/mol. The standard InChI is InChI=1S/C38H52ClO6P/c1-35(2,3)24-16-22(17-25(31(24)42-14)36(4,5)6)46(40,29-20-28(41-13)33-34(30(29)39)45-21-44-33)23-18-26(37(7,8)9)32(43-15)27(19-23)38(10,11)12/h16-20H,21H2,1-15H3. The summed E-state index contributed by atoms with van der Waals surface area (Å²) in [7, 11) is 1.17. The van der Waals surface area contributed by atoms with Crippen molar-refractivity contribution in [2.75, 3.05) is 28.1 Å². The van der Waals surface area contributed by atoms with Crippen molar-refractivity contribution in [2.45, 2.75) is 105 Å². The maximum absolute atomic E-state index is 16.7. The minimum atomic E-state index is -3.79. The molecule has 3 aromatic carbocycles. The van der Waals surface area contributed by atoms with E-state index in [1.807, 2.05) is 24.3 Å². The van der Waals surface area contributed by atoms with Crippen LogP contribution in [-0.4, -0.2) is 28.1 Å². The predicted octanol–water partition coefficient (Wildman–Crippen LogP) is 8.92. The van der Waals surface area contributed by atoms with Crippen molar-refractivity contribution in [1.82, 2.24) is 0 Å². The minimum absolute atomic E-state index is 0.00503. The second-order valence-corrected chi connectivity index (χ2v) is 19.3. The van der Waals surface area contributed by atoms with E-state index in [9.17, 15) is 0 Å². The second-order valence-electron chi connectivity index (χ2n) is 16.2. The fourth-order valence-corrected chi connectivity index (χ4v) is 9.39. The molecule has 0 unspecified atom stereocenters. The third kappa shape index (κ3) is 6.24. The van der Waals surface area contributed by atoms with Gasteiger partial charge in [0.05, 0.1) is 26.4 Å². The summed E-state index contributed by atoms with van der Waals surface area (Å²) in [6, 6.07) is 9.92. The van der Waals surface area contributed by atoms with Gasteiger partial charge in [-0.15, -0.1) is 0 Å². The maximum Gasteiger partial charge on any atom is 0.231 e. The molecule has 252 valence electrons. The lowest BCUT2D eigenvalue weighted by Crippen LogP contribution is -2.32. The van der Waals surface area contributed by atoms with Gasteiger partial charge in [0.2, 0.25) is 12.5 Å². The minimum Gasteiger partial charge on any atom is -0.496 e. The normalized spacial score (nSPS) is 14.0. The van der Waals surface area contributed by atoms with Gasteiger partial charge in [-0.05, 0) is 52.0 Å². The van der Waals surface area contributed by atoms with Crippen molar-refractivity contribution in [1.29, 1.82) is 0 Å². The second kappa shape index (κ2) is 12.0. The Morgan fingerprint density at radius 3 is 1.24 bits per heavy atom. The summed E-state index contributed by atoms with van der Waals surface area (Å²) in [5.41, 5.74) is 2.55. The number of fused-ring (bicyclic) bond motifs is 1. The van der Waals surface area contributed by atoms with Gasteiger partial charge < -0.3 is 28.2 Å². The number of benzene rings is 3. The summed E-state index contributed by atoms with van der Waals surface area (Å²) in [5, 5.41) is 1.96. The van der Waals surface area contributed by atoms with E-state index in [-0.39, 0.29) is 33.5 Å². The quantitative estimate of drug-likeness (QED) is 0.244. The van der Waals surface area contributed by atoms with Gasteiger partial charge in [-0.1, -0.05) is 94.7 Å². The van der Waals surface area contributed by atoms with Crippen LogP contribution >= 0.6 is 18.7 Å². The number of ether oxygens (including phenoxy) is 5. The summed E-state index contributed by atoms with van der Waals surface area (Å²) in [6.07, 6.45) is 0. The van der Waals surface area contributed by atoms with Crippen LogP contribution < -0.4 is 39.6 Å². The summed E-state index contributed by atoms with van der Waals surface area (Å²) in [6.45, 7) is 25.7. The Hall–Kier alpha value is -2.82. The SMILES string of the molecule is COc1cc(P(=O)(c2cc(C(C)(C)C)c(OC)c(C(C)(C)C)c2)c2cc(C(C)(C)C)c(OC)c(C(C)(C)C)c2)c(Cl)c2c1OCO2. The number of methoxy groups -OCH3 is 3. The molecule has 1 heterocycles. The Morgan fingerprint density at radius 1 is 0.587 bits per heavy atom. The Bertz CT molecular complexity index is 1540. The molecule has 1 aliphatic heterocycles.